The van der Waals surface area contributed by atoms with Crippen molar-refractivity contribution in [3.8, 4) is 11.8 Å². The molecule has 6 atom stereocenters. The highest BCUT2D eigenvalue weighted by Gasteiger charge is 2.62. The maximum absolute atomic E-state index is 12.2. The molecule has 0 aromatic heterocycles. The van der Waals surface area contributed by atoms with Crippen molar-refractivity contribution >= 4 is 23.4 Å². The molecular weight excluding hydrogens is 612 g/mol. The number of benzene rings is 1. The van der Waals surface area contributed by atoms with Crippen LogP contribution in [0.5, 0.6) is 0 Å². The van der Waals surface area contributed by atoms with Crippen LogP contribution in [0.3, 0.4) is 0 Å². The Labute approximate surface area is 283 Å². The summed E-state index contributed by atoms with van der Waals surface area (Å²) in [5, 5.41) is 20.9. The second-order valence-electron chi connectivity index (χ2n) is 13.7. The lowest BCUT2D eigenvalue weighted by atomic mass is 9.51. The number of carbonyl (C=O) groups excluding carboxylic acids is 2. The van der Waals surface area contributed by atoms with Gasteiger partial charge in [0.2, 0.25) is 0 Å². The summed E-state index contributed by atoms with van der Waals surface area (Å²) in [5.41, 5.74) is 18.0. The van der Waals surface area contributed by atoms with Gasteiger partial charge in [-0.05, 0) is 105 Å². The van der Waals surface area contributed by atoms with Crippen molar-refractivity contribution in [1.29, 1.82) is 0 Å². The highest BCUT2D eigenvalue weighted by molar-refractivity contribution is 5.93. The number of nitrogens with two attached hydrogens (primary N) is 2. The number of esters is 1. The zero-order valence-electron chi connectivity index (χ0n) is 28.8. The Morgan fingerprint density at radius 1 is 1.25 bits per heavy atom. The highest BCUT2D eigenvalue weighted by atomic mass is 16.7. The molecule has 260 valence electrons. The molecule has 0 bridgehead atoms. The Hall–Kier alpha value is -4.21. The van der Waals surface area contributed by atoms with E-state index in [0.717, 1.165) is 38.5 Å². The molecule has 12 nitrogen and oxygen atoms in total. The maximum Gasteiger partial charge on any atom is 0.322 e. The van der Waals surface area contributed by atoms with Crippen molar-refractivity contribution in [2.45, 2.75) is 89.2 Å². The van der Waals surface area contributed by atoms with E-state index in [1.165, 1.54) is 29.5 Å². The number of rotatable bonds is 8. The summed E-state index contributed by atoms with van der Waals surface area (Å²) in [4.78, 5) is 38.8. The predicted molar refractivity (Wildman–Crippen MR) is 185 cm³/mol. The lowest BCUT2D eigenvalue weighted by molar-refractivity contribution is -0.525. The number of ketones is 1. The topological polar surface area (TPSA) is 186 Å². The SMILES string of the molecule is CC#C[C@]1(O)CC[C@H]2[C@@H]3CCC4=CC(=O)CCC4=C3[C@@H](c3ccc(N(C)C)cc3)C[C@@]21C.COC(=O)[C@@H](N)CCCN=C(N)N[N+](=O)[O-]. The molecule has 4 aliphatic carbocycles. The van der Waals surface area contributed by atoms with Crippen molar-refractivity contribution in [3.05, 3.63) is 62.7 Å². The van der Waals surface area contributed by atoms with Crippen LogP contribution in [0.1, 0.15) is 83.1 Å². The first-order valence-electron chi connectivity index (χ1n) is 16.7. The van der Waals surface area contributed by atoms with Gasteiger partial charge in [-0.1, -0.05) is 36.0 Å². The Bertz CT molecular complexity index is 1540. The fourth-order valence-corrected chi connectivity index (χ4v) is 8.29. The van der Waals surface area contributed by atoms with E-state index < -0.39 is 22.6 Å². The molecule has 0 amide bonds. The zero-order valence-corrected chi connectivity index (χ0v) is 28.8. The molecule has 4 aliphatic rings. The zero-order chi connectivity index (χ0) is 35.2. The van der Waals surface area contributed by atoms with Crippen LogP contribution in [-0.4, -0.2) is 67.2 Å². The fraction of sp³-hybridized carbons (Fsp3) is 0.583. The van der Waals surface area contributed by atoms with Crippen molar-refractivity contribution in [1.82, 2.24) is 5.43 Å². The third-order valence-electron chi connectivity index (χ3n) is 10.7. The average Bonchev–Trinajstić information content (AvgIpc) is 3.31. The van der Waals surface area contributed by atoms with Crippen LogP contribution in [0, 0.1) is 39.2 Å². The fourth-order valence-electron chi connectivity index (χ4n) is 8.29. The van der Waals surface area contributed by atoms with Crippen LogP contribution < -0.4 is 21.8 Å². The average molecular weight is 663 g/mol. The molecule has 1 aromatic carbocycles. The largest absolute Gasteiger partial charge is 0.468 e. The molecule has 5 rings (SSSR count). The Kier molecular flexibility index (Phi) is 11.7. The number of carbonyl (C=O) groups is 2. The number of fused-ring (bicyclic) bond motifs is 4. The summed E-state index contributed by atoms with van der Waals surface area (Å²) in [6.45, 7) is 4.39. The number of ether oxygens (including phenoxy) is 1. The smallest absolute Gasteiger partial charge is 0.322 e. The molecule has 2 saturated carbocycles. The van der Waals surface area contributed by atoms with Crippen LogP contribution >= 0.6 is 0 Å². The molecule has 0 heterocycles. The van der Waals surface area contributed by atoms with Gasteiger partial charge in [-0.3, -0.25) is 9.59 Å². The van der Waals surface area contributed by atoms with Crippen molar-refractivity contribution in [2.75, 3.05) is 32.6 Å². The molecule has 0 radical (unpaired) electrons. The lowest BCUT2D eigenvalue weighted by Crippen LogP contribution is -2.51. The highest BCUT2D eigenvalue weighted by Crippen LogP contribution is 2.66. The molecule has 0 unspecified atom stereocenters. The van der Waals surface area contributed by atoms with Gasteiger partial charge in [-0.25, -0.2) is 15.1 Å². The number of methoxy groups -OCH3 is 1. The molecule has 0 saturated heterocycles. The molecule has 6 N–H and O–H groups in total. The van der Waals surface area contributed by atoms with E-state index in [4.69, 9.17) is 11.5 Å². The number of hydrazine groups is 1. The number of nitrogens with zero attached hydrogens (tertiary/aromatic N) is 3. The van der Waals surface area contributed by atoms with E-state index >= 15 is 0 Å². The van der Waals surface area contributed by atoms with Gasteiger partial charge in [0, 0.05) is 44.1 Å². The normalized spacial score (nSPS) is 28.2. The minimum absolute atomic E-state index is 0.221. The van der Waals surface area contributed by atoms with E-state index in [-0.39, 0.29) is 29.6 Å². The minimum Gasteiger partial charge on any atom is -0.468 e. The maximum atomic E-state index is 12.2. The van der Waals surface area contributed by atoms with Gasteiger partial charge in [0.25, 0.3) is 5.96 Å². The standard InChI is InChI=1S/C29H35NO2.C7H15N5O4/c1-5-15-29(32)16-14-26-24-12-8-20-17-22(31)11-13-23(20)27(24)25(18-28(26,29)2)19-6-9-21(10-7-19)30(3)4;1-16-6(13)5(8)3-2-4-10-7(9)11-12(14)15/h6-7,9-10,17,24-26,32H,8,11-14,16,18H2,1-4H3;5H,2-4,8H2,1H3,(H3,9,10,11)/t24-,25+,26-,28-,29-;5-/m00/s1. The molecule has 12 heteroatoms. The molecule has 0 spiro atoms. The predicted octanol–water partition coefficient (Wildman–Crippen LogP) is 3.77. The van der Waals surface area contributed by atoms with Gasteiger partial charge >= 0.3 is 5.97 Å². The molecule has 48 heavy (non-hydrogen) atoms. The number of nitro groups is 1. The van der Waals surface area contributed by atoms with Crippen LogP contribution in [0.25, 0.3) is 0 Å². The van der Waals surface area contributed by atoms with E-state index in [2.05, 4.69) is 71.8 Å². The van der Waals surface area contributed by atoms with Gasteiger partial charge in [-0.15, -0.1) is 5.92 Å². The first-order chi connectivity index (χ1) is 22.7. The molecular formula is C36H50N6O6. The van der Waals surface area contributed by atoms with Gasteiger partial charge < -0.3 is 26.2 Å². The monoisotopic (exact) mass is 662 g/mol. The van der Waals surface area contributed by atoms with Crippen LogP contribution in [-0.2, 0) is 14.3 Å². The number of hydrogen-bond donors (Lipinski definition) is 4. The van der Waals surface area contributed by atoms with Gasteiger partial charge in [-0.2, -0.15) is 0 Å². The van der Waals surface area contributed by atoms with Crippen LogP contribution in [0.4, 0.5) is 5.69 Å². The number of nitrogens with one attached hydrogen (secondary N) is 1. The number of aliphatic imine (C=N–C) groups is 1. The summed E-state index contributed by atoms with van der Waals surface area (Å²) in [6.07, 6.45) is 9.09. The van der Waals surface area contributed by atoms with Gasteiger partial charge in [0.1, 0.15) is 11.6 Å². The molecule has 1 aromatic rings. The first-order valence-corrected chi connectivity index (χ1v) is 16.7. The lowest BCUT2D eigenvalue weighted by Gasteiger charge is -2.53. The molecule has 2 fully saturated rings. The summed E-state index contributed by atoms with van der Waals surface area (Å²) in [5.74, 6) is 6.98. The summed E-state index contributed by atoms with van der Waals surface area (Å²) in [7, 11) is 5.39. The number of guanidine groups is 1. The van der Waals surface area contributed by atoms with E-state index in [9.17, 15) is 24.8 Å². The van der Waals surface area contributed by atoms with Crippen LogP contribution in [0.2, 0.25) is 0 Å². The molecule has 0 aliphatic heterocycles. The van der Waals surface area contributed by atoms with Crippen LogP contribution in [0.15, 0.2) is 52.1 Å². The summed E-state index contributed by atoms with van der Waals surface area (Å²) in [6, 6.07) is 8.27. The Morgan fingerprint density at radius 2 is 1.96 bits per heavy atom. The quantitative estimate of drug-likeness (QED) is 0.0607. The van der Waals surface area contributed by atoms with Crippen molar-refractivity contribution in [2.24, 2.45) is 33.7 Å². The van der Waals surface area contributed by atoms with Gasteiger partial charge in [0.05, 0.1) is 7.11 Å². The second kappa shape index (κ2) is 15.3. The number of anilines is 1. The second-order valence-corrected chi connectivity index (χ2v) is 13.7. The Morgan fingerprint density at radius 3 is 2.58 bits per heavy atom. The summed E-state index contributed by atoms with van der Waals surface area (Å²) < 4.78 is 4.42. The minimum atomic E-state index is -0.914. The number of aliphatic hydroxyl groups is 1. The van der Waals surface area contributed by atoms with E-state index in [1.54, 1.807) is 11.0 Å². The third-order valence-corrected chi connectivity index (χ3v) is 10.7. The Balaban J connectivity index is 0.000000277. The van der Waals surface area contributed by atoms with Gasteiger partial charge in [0.15, 0.2) is 10.8 Å². The number of hydrogen-bond acceptors (Lipinski definition) is 9. The summed E-state index contributed by atoms with van der Waals surface area (Å²) >= 11 is 0. The van der Waals surface area contributed by atoms with Crippen molar-refractivity contribution in [3.63, 3.8) is 0 Å². The first kappa shape index (κ1) is 36.6. The third kappa shape index (κ3) is 7.74. The van der Waals surface area contributed by atoms with Crippen molar-refractivity contribution < 1.29 is 24.5 Å². The van der Waals surface area contributed by atoms with E-state index in [1.807, 2.05) is 13.0 Å². The number of allylic oxidation sites excluding steroid dienone is 4. The van der Waals surface area contributed by atoms with E-state index in [0.29, 0.717) is 31.1 Å².